The van der Waals surface area contributed by atoms with Crippen molar-refractivity contribution in [2.24, 2.45) is 0 Å². The molecule has 7 heteroatoms. The van der Waals surface area contributed by atoms with E-state index in [0.29, 0.717) is 29.8 Å². The van der Waals surface area contributed by atoms with Crippen LogP contribution in [0.25, 0.3) is 0 Å². The van der Waals surface area contributed by atoms with E-state index in [2.05, 4.69) is 4.72 Å². The van der Waals surface area contributed by atoms with E-state index >= 15 is 0 Å². The van der Waals surface area contributed by atoms with E-state index in [9.17, 15) is 13.2 Å². The third-order valence-corrected chi connectivity index (χ3v) is 4.12. The van der Waals surface area contributed by atoms with Crippen LogP contribution in [0.2, 0.25) is 0 Å². The normalized spacial score (nSPS) is 10.9. The van der Waals surface area contributed by atoms with E-state index in [0.717, 1.165) is 11.8 Å². The van der Waals surface area contributed by atoms with Gasteiger partial charge in [0.05, 0.1) is 17.9 Å². The number of hydrogen-bond acceptors (Lipinski definition) is 5. The van der Waals surface area contributed by atoms with Crippen LogP contribution < -0.4 is 9.46 Å². The van der Waals surface area contributed by atoms with Crippen LogP contribution in [0.1, 0.15) is 21.5 Å². The second-order valence-electron chi connectivity index (χ2n) is 5.46. The van der Waals surface area contributed by atoms with Gasteiger partial charge in [-0.3, -0.25) is 4.79 Å². The molecule has 0 amide bonds. The number of benzene rings is 2. The lowest BCUT2D eigenvalue weighted by Crippen LogP contribution is -2.24. The Morgan fingerprint density at radius 3 is 2.56 bits per heavy atom. The van der Waals surface area contributed by atoms with Crippen molar-refractivity contribution in [1.82, 2.24) is 4.72 Å². The summed E-state index contributed by atoms with van der Waals surface area (Å²) in [7, 11) is -3.20. The third-order valence-electron chi connectivity index (χ3n) is 3.39. The van der Waals surface area contributed by atoms with E-state index < -0.39 is 10.0 Å². The highest BCUT2D eigenvalue weighted by atomic mass is 32.2. The summed E-state index contributed by atoms with van der Waals surface area (Å²) < 4.78 is 29.9. The molecule has 2 rings (SSSR count). The molecule has 25 heavy (non-hydrogen) atoms. The van der Waals surface area contributed by atoms with E-state index in [1.807, 2.05) is 6.07 Å². The molecule has 2 aromatic carbocycles. The van der Waals surface area contributed by atoms with Crippen molar-refractivity contribution >= 4 is 15.8 Å². The second-order valence-corrected chi connectivity index (χ2v) is 7.30. The van der Waals surface area contributed by atoms with E-state index in [1.54, 1.807) is 48.5 Å². The van der Waals surface area contributed by atoms with Gasteiger partial charge in [0.2, 0.25) is 10.0 Å². The summed E-state index contributed by atoms with van der Waals surface area (Å²) in [6.45, 7) is 0.189. The van der Waals surface area contributed by atoms with Gasteiger partial charge in [0.1, 0.15) is 5.75 Å². The zero-order chi connectivity index (χ0) is 18.3. The highest BCUT2D eigenvalue weighted by Crippen LogP contribution is 2.13. The van der Waals surface area contributed by atoms with Gasteiger partial charge in [-0.05, 0) is 30.2 Å². The zero-order valence-electron chi connectivity index (χ0n) is 13.7. The molecule has 6 nitrogen and oxygen atoms in total. The molecular formula is C18H18N2O4S. The number of sulfonamides is 1. The smallest absolute Gasteiger partial charge is 0.208 e. The van der Waals surface area contributed by atoms with Crippen LogP contribution in [0, 0.1) is 11.3 Å². The number of rotatable bonds is 8. The van der Waals surface area contributed by atoms with Gasteiger partial charge in [-0.1, -0.05) is 30.3 Å². The average Bonchev–Trinajstić information content (AvgIpc) is 2.59. The lowest BCUT2D eigenvalue weighted by molar-refractivity contribution is 0.0921. The molecule has 0 spiro atoms. The van der Waals surface area contributed by atoms with Gasteiger partial charge < -0.3 is 4.74 Å². The number of Topliss-reactive ketones (excluding diaryl/α,β-unsaturated/α-hetero) is 1. The number of ketones is 1. The van der Waals surface area contributed by atoms with Gasteiger partial charge in [-0.2, -0.15) is 5.26 Å². The van der Waals surface area contributed by atoms with Crippen LogP contribution >= 0.6 is 0 Å². The number of nitriles is 1. The maximum absolute atomic E-state index is 12.1. The fraction of sp³-hybridized carbons (Fsp3) is 0.222. The first-order chi connectivity index (χ1) is 11.9. The van der Waals surface area contributed by atoms with E-state index in [-0.39, 0.29) is 12.4 Å². The highest BCUT2D eigenvalue weighted by Gasteiger charge is 2.08. The van der Waals surface area contributed by atoms with Crippen LogP contribution in [-0.2, 0) is 16.4 Å². The number of carbonyl (C=O) groups excluding carboxylic acids is 1. The summed E-state index contributed by atoms with van der Waals surface area (Å²) in [5.74, 6) is 0.291. The molecule has 0 heterocycles. The maximum Gasteiger partial charge on any atom is 0.208 e. The van der Waals surface area contributed by atoms with Crippen molar-refractivity contribution in [3.63, 3.8) is 0 Å². The summed E-state index contributed by atoms with van der Waals surface area (Å²) in [6, 6.07) is 15.6. The van der Waals surface area contributed by atoms with Crippen molar-refractivity contribution in [2.45, 2.75) is 6.42 Å². The van der Waals surface area contributed by atoms with Gasteiger partial charge >= 0.3 is 0 Å². The van der Waals surface area contributed by atoms with Crippen LogP contribution in [0.3, 0.4) is 0 Å². The standard InChI is InChI=1S/C18H18N2O4S/c1-25(22,23)20-10-9-14-5-7-16(8-6-14)18(21)13-24-17-4-2-3-15(11-17)12-19/h2-8,11,20H,9-10,13H2,1H3. The Balaban J connectivity index is 1.88. The van der Waals surface area contributed by atoms with Gasteiger partial charge in [0, 0.05) is 12.1 Å². The lowest BCUT2D eigenvalue weighted by atomic mass is 10.1. The third kappa shape index (κ3) is 6.37. The lowest BCUT2D eigenvalue weighted by Gasteiger charge is -2.07. The van der Waals surface area contributed by atoms with E-state index in [4.69, 9.17) is 10.00 Å². The average molecular weight is 358 g/mol. The first-order valence-corrected chi connectivity index (χ1v) is 9.46. The Labute approximate surface area is 147 Å². The summed E-state index contributed by atoms with van der Waals surface area (Å²) in [5.41, 5.74) is 1.91. The summed E-state index contributed by atoms with van der Waals surface area (Å²) in [6.07, 6.45) is 1.65. The molecule has 0 aliphatic carbocycles. The molecule has 2 aromatic rings. The number of carbonyl (C=O) groups is 1. The molecule has 0 saturated carbocycles. The molecule has 1 N–H and O–H groups in total. The fourth-order valence-electron chi connectivity index (χ4n) is 2.13. The highest BCUT2D eigenvalue weighted by molar-refractivity contribution is 7.88. The topological polar surface area (TPSA) is 96.3 Å². The van der Waals surface area contributed by atoms with Crippen molar-refractivity contribution in [1.29, 1.82) is 5.26 Å². The summed E-state index contributed by atoms with van der Waals surface area (Å²) in [5, 5.41) is 8.84. The van der Waals surface area contributed by atoms with Gasteiger partial charge in [0.15, 0.2) is 12.4 Å². The van der Waals surface area contributed by atoms with Crippen molar-refractivity contribution < 1.29 is 17.9 Å². The SMILES string of the molecule is CS(=O)(=O)NCCc1ccc(C(=O)COc2cccc(C#N)c2)cc1. The van der Waals surface area contributed by atoms with Gasteiger partial charge in [-0.15, -0.1) is 0 Å². The minimum Gasteiger partial charge on any atom is -0.485 e. The van der Waals surface area contributed by atoms with Crippen molar-refractivity contribution in [3.05, 3.63) is 65.2 Å². The first kappa shape index (κ1) is 18.6. The van der Waals surface area contributed by atoms with Crippen molar-refractivity contribution in [3.8, 4) is 11.8 Å². The molecule has 0 bridgehead atoms. The second kappa shape index (κ2) is 8.42. The Hall–Kier alpha value is -2.69. The minimum atomic E-state index is -3.20. The summed E-state index contributed by atoms with van der Waals surface area (Å²) in [4.78, 5) is 12.1. The van der Waals surface area contributed by atoms with Crippen LogP contribution in [0.4, 0.5) is 0 Å². The van der Waals surface area contributed by atoms with E-state index in [1.165, 1.54) is 0 Å². The van der Waals surface area contributed by atoms with Crippen LogP contribution in [0.15, 0.2) is 48.5 Å². The predicted molar refractivity (Wildman–Crippen MR) is 94.0 cm³/mol. The Morgan fingerprint density at radius 2 is 1.92 bits per heavy atom. The minimum absolute atomic E-state index is 0.121. The fourth-order valence-corrected chi connectivity index (χ4v) is 2.60. The Kier molecular flexibility index (Phi) is 6.28. The monoisotopic (exact) mass is 358 g/mol. The largest absolute Gasteiger partial charge is 0.485 e. The first-order valence-electron chi connectivity index (χ1n) is 7.57. The van der Waals surface area contributed by atoms with Crippen molar-refractivity contribution in [2.75, 3.05) is 19.4 Å². The molecule has 130 valence electrons. The molecule has 0 unspecified atom stereocenters. The zero-order valence-corrected chi connectivity index (χ0v) is 14.5. The molecule has 0 aliphatic rings. The molecule has 0 aromatic heterocycles. The number of hydrogen-bond donors (Lipinski definition) is 1. The molecule has 0 saturated heterocycles. The van der Waals surface area contributed by atoms with Gasteiger partial charge in [-0.25, -0.2) is 13.1 Å². The molecule has 0 radical (unpaired) electrons. The number of ether oxygens (including phenoxy) is 1. The predicted octanol–water partition coefficient (Wildman–Crippen LogP) is 1.91. The quantitative estimate of drug-likeness (QED) is 0.727. The summed E-state index contributed by atoms with van der Waals surface area (Å²) >= 11 is 0. The molecule has 0 atom stereocenters. The Morgan fingerprint density at radius 1 is 1.20 bits per heavy atom. The van der Waals surface area contributed by atoms with Crippen LogP contribution in [-0.4, -0.2) is 33.6 Å². The number of nitrogens with zero attached hydrogens (tertiary/aromatic N) is 1. The molecule has 0 fully saturated rings. The number of nitrogens with one attached hydrogen (secondary N) is 1. The molecular weight excluding hydrogens is 340 g/mol. The van der Waals surface area contributed by atoms with Crippen LogP contribution in [0.5, 0.6) is 5.75 Å². The molecule has 0 aliphatic heterocycles. The van der Waals surface area contributed by atoms with Gasteiger partial charge in [0.25, 0.3) is 0 Å². The Bertz CT molecular complexity index is 884. The maximum atomic E-state index is 12.1.